The Morgan fingerprint density at radius 2 is 1.96 bits per heavy atom. The van der Waals surface area contributed by atoms with Gasteiger partial charge in [0.1, 0.15) is 0 Å². The Morgan fingerprint density at radius 3 is 2.74 bits per heavy atom. The Bertz CT molecular complexity index is 827. The number of hydrogen-bond acceptors (Lipinski definition) is 4. The zero-order valence-electron chi connectivity index (χ0n) is 15.8. The molecule has 0 aromatic carbocycles. The fourth-order valence-corrected chi connectivity index (χ4v) is 5.77. The summed E-state index contributed by atoms with van der Waals surface area (Å²) in [6.45, 7) is 0. The maximum atomic E-state index is 12.9. The van der Waals surface area contributed by atoms with Crippen molar-refractivity contribution in [2.24, 2.45) is 9.12 Å². The summed E-state index contributed by atoms with van der Waals surface area (Å²) >= 11 is -0.621. The zero-order chi connectivity index (χ0) is 18.6. The van der Waals surface area contributed by atoms with E-state index in [-0.39, 0.29) is 5.56 Å². The van der Waals surface area contributed by atoms with Crippen LogP contribution < -0.4 is 27.0 Å². The van der Waals surface area contributed by atoms with Gasteiger partial charge < -0.3 is 0 Å². The van der Waals surface area contributed by atoms with Gasteiger partial charge in [0.2, 0.25) is 0 Å². The number of H-pyrrole nitrogens is 1. The predicted molar refractivity (Wildman–Crippen MR) is 105 cm³/mol. The number of nitrogens with zero attached hydrogens (tertiary/aromatic N) is 2. The van der Waals surface area contributed by atoms with Gasteiger partial charge in [-0.1, -0.05) is 0 Å². The van der Waals surface area contributed by atoms with Crippen LogP contribution in [0, 0.1) is 15.2 Å². The van der Waals surface area contributed by atoms with E-state index in [0.29, 0.717) is 5.71 Å². The monoisotopic (exact) mass is 479 g/mol. The number of rotatable bonds is 5. The third-order valence-corrected chi connectivity index (χ3v) is 7.58. The van der Waals surface area contributed by atoms with Gasteiger partial charge in [-0.25, -0.2) is 0 Å². The molecule has 0 radical (unpaired) electrons. The van der Waals surface area contributed by atoms with E-state index in [4.69, 9.17) is 13.6 Å². The molecule has 2 fully saturated rings. The fraction of sp³-hybridized carbons (Fsp3) is 0.619. The Balaban J connectivity index is 1.60. The molecule has 4 rings (SSSR count). The molecular formula is C21H28IN4O-. The average molecular weight is 479 g/mol. The first-order valence-corrected chi connectivity index (χ1v) is 12.3. The van der Waals surface area contributed by atoms with Gasteiger partial charge in [0.25, 0.3) is 0 Å². The summed E-state index contributed by atoms with van der Waals surface area (Å²) in [6, 6.07) is 0. The molecule has 1 aromatic rings. The summed E-state index contributed by atoms with van der Waals surface area (Å²) in [5.41, 5.74) is 4.66. The number of hydrogen-bond donors (Lipinski definition) is 2. The zero-order valence-corrected chi connectivity index (χ0v) is 18.0. The van der Waals surface area contributed by atoms with Gasteiger partial charge in [0, 0.05) is 0 Å². The van der Waals surface area contributed by atoms with Crippen LogP contribution in [0.25, 0.3) is 5.57 Å². The minimum atomic E-state index is -0.621. The third-order valence-electron chi connectivity index (χ3n) is 5.69. The Labute approximate surface area is 171 Å². The minimum absolute atomic E-state index is 0.0182. The average Bonchev–Trinajstić information content (AvgIpc) is 3.47. The molecule has 27 heavy (non-hydrogen) atoms. The third kappa shape index (κ3) is 5.15. The number of aromatic amines is 1. The summed E-state index contributed by atoms with van der Waals surface area (Å²) < 4.78 is 5.63. The first-order chi connectivity index (χ1) is 13.2. The molecule has 2 saturated carbocycles. The first-order valence-electron chi connectivity index (χ1n) is 10.3. The standard InChI is InChI=1S/C21H28IN4O/c23-16-5-4-8-18-19(15(13-16)12-11-14-9-10-14)20(27)25-21(24-18)22-26-17-6-2-1-3-7-17/h13-14,23H,1-12H2,(H,24,25,27)/q-1. The van der Waals surface area contributed by atoms with Crippen molar-refractivity contribution >= 4 is 17.0 Å². The molecule has 3 aliphatic rings. The second-order valence-electron chi connectivity index (χ2n) is 8.00. The first kappa shape index (κ1) is 19.0. The van der Waals surface area contributed by atoms with E-state index >= 15 is 0 Å². The molecule has 0 saturated heterocycles. The number of nitrogens with one attached hydrogen (secondary N) is 2. The Kier molecular flexibility index (Phi) is 6.20. The van der Waals surface area contributed by atoms with Gasteiger partial charge in [-0.15, -0.1) is 0 Å². The van der Waals surface area contributed by atoms with Crippen molar-refractivity contribution in [1.29, 1.82) is 5.41 Å². The van der Waals surface area contributed by atoms with Crippen molar-refractivity contribution in [2.75, 3.05) is 0 Å². The van der Waals surface area contributed by atoms with E-state index in [2.05, 4.69) is 4.98 Å². The Morgan fingerprint density at radius 1 is 1.15 bits per heavy atom. The van der Waals surface area contributed by atoms with Crippen LogP contribution in [0.15, 0.2) is 14.1 Å². The molecule has 1 aromatic heterocycles. The van der Waals surface area contributed by atoms with Crippen molar-refractivity contribution in [2.45, 2.75) is 77.0 Å². The fourth-order valence-electron chi connectivity index (χ4n) is 3.95. The topological polar surface area (TPSA) is 82.0 Å². The van der Waals surface area contributed by atoms with Gasteiger partial charge in [-0.3, -0.25) is 0 Å². The predicted octanol–water partition coefficient (Wildman–Crippen LogP) is 1.28. The van der Waals surface area contributed by atoms with Crippen molar-refractivity contribution in [1.82, 2.24) is 9.97 Å². The molecule has 0 bridgehead atoms. The van der Waals surface area contributed by atoms with Gasteiger partial charge in [0.15, 0.2) is 0 Å². The molecule has 6 heteroatoms. The van der Waals surface area contributed by atoms with E-state index in [0.717, 1.165) is 71.5 Å². The van der Waals surface area contributed by atoms with Crippen molar-refractivity contribution in [3.05, 3.63) is 31.5 Å². The van der Waals surface area contributed by atoms with Crippen LogP contribution in [0.5, 0.6) is 0 Å². The molecular weight excluding hydrogens is 451 g/mol. The normalized spacial score (nSPS) is 20.7. The van der Waals surface area contributed by atoms with Crippen LogP contribution in [0.1, 0.15) is 81.9 Å². The molecule has 0 unspecified atom stereocenters. The van der Waals surface area contributed by atoms with Crippen LogP contribution in [0.4, 0.5) is 0 Å². The molecule has 0 spiro atoms. The van der Waals surface area contributed by atoms with E-state index in [1.165, 1.54) is 37.8 Å². The quantitative estimate of drug-likeness (QED) is 0.493. The summed E-state index contributed by atoms with van der Waals surface area (Å²) in [7, 11) is 0. The van der Waals surface area contributed by atoms with E-state index in [1.54, 1.807) is 0 Å². The van der Waals surface area contributed by atoms with Crippen LogP contribution in [0.2, 0.25) is 0 Å². The van der Waals surface area contributed by atoms with Crippen LogP contribution >= 0.6 is 0 Å². The molecule has 0 aliphatic heterocycles. The number of aryl methyl sites for hydroxylation is 1. The SMILES string of the molecule is N=C1C=C(CCC2CC2)c2c(nc([I-]N=C3CCCCC3)[nH]c2=O)CCC1. The summed E-state index contributed by atoms with van der Waals surface area (Å²) in [4.78, 5) is 20.8. The van der Waals surface area contributed by atoms with Gasteiger partial charge >= 0.3 is 172 Å². The molecule has 3 aliphatic carbocycles. The summed E-state index contributed by atoms with van der Waals surface area (Å²) in [5, 5.41) is 8.17. The van der Waals surface area contributed by atoms with E-state index in [1.807, 2.05) is 6.08 Å². The summed E-state index contributed by atoms with van der Waals surface area (Å²) in [6.07, 6.45) is 15.1. The van der Waals surface area contributed by atoms with E-state index < -0.39 is 21.5 Å². The van der Waals surface area contributed by atoms with Gasteiger partial charge in [-0.2, -0.15) is 0 Å². The molecule has 5 nitrogen and oxygen atoms in total. The number of aromatic nitrogens is 2. The second-order valence-corrected chi connectivity index (χ2v) is 9.99. The number of fused-ring (bicyclic) bond motifs is 1. The van der Waals surface area contributed by atoms with Gasteiger partial charge in [0.05, 0.1) is 0 Å². The second kappa shape index (κ2) is 8.80. The van der Waals surface area contributed by atoms with Crippen molar-refractivity contribution in [3.63, 3.8) is 0 Å². The molecule has 146 valence electrons. The van der Waals surface area contributed by atoms with Crippen molar-refractivity contribution in [3.8, 4) is 0 Å². The van der Waals surface area contributed by atoms with Crippen LogP contribution in [-0.4, -0.2) is 21.4 Å². The maximum absolute atomic E-state index is 12.9. The Hall–Kier alpha value is -1.31. The molecule has 0 atom stereocenters. The molecule has 0 amide bonds. The van der Waals surface area contributed by atoms with Crippen LogP contribution in [-0.2, 0) is 6.42 Å². The number of allylic oxidation sites excluding steroid dienone is 2. The van der Waals surface area contributed by atoms with Crippen molar-refractivity contribution < 1.29 is 21.5 Å². The molecule has 2 N–H and O–H groups in total. The molecule has 1 heterocycles. The van der Waals surface area contributed by atoms with Gasteiger partial charge in [-0.05, 0) is 0 Å². The van der Waals surface area contributed by atoms with E-state index in [9.17, 15) is 4.79 Å². The number of halogens is 1. The van der Waals surface area contributed by atoms with Crippen LogP contribution in [0.3, 0.4) is 0 Å². The summed E-state index contributed by atoms with van der Waals surface area (Å²) in [5.74, 6) is 0.817.